The van der Waals surface area contributed by atoms with Crippen LogP contribution in [0.2, 0.25) is 0 Å². The lowest BCUT2D eigenvalue weighted by atomic mass is 10.3. The van der Waals surface area contributed by atoms with Crippen LogP contribution in [-0.4, -0.2) is 25.1 Å². The van der Waals surface area contributed by atoms with Gasteiger partial charge in [-0.05, 0) is 18.6 Å². The Morgan fingerprint density at radius 3 is 1.85 bits per heavy atom. The number of hydrogen-bond acceptors (Lipinski definition) is 2. The Labute approximate surface area is 82.6 Å². The maximum Gasteiger partial charge on any atom is 0.0431 e. The topological polar surface area (TPSA) is 33.1 Å². The van der Waals surface area contributed by atoms with Gasteiger partial charge in [0.25, 0.3) is 0 Å². The van der Waals surface area contributed by atoms with Gasteiger partial charge in [0.05, 0.1) is 0 Å². The summed E-state index contributed by atoms with van der Waals surface area (Å²) >= 11 is 0. The van der Waals surface area contributed by atoms with E-state index < -0.39 is 0 Å². The first-order valence-electron chi connectivity index (χ1n) is 4.37. The van der Waals surface area contributed by atoms with Crippen molar-refractivity contribution < 1.29 is 5.11 Å². The Morgan fingerprint density at radius 1 is 1.08 bits per heavy atom. The van der Waals surface area contributed by atoms with E-state index in [2.05, 4.69) is 11.9 Å². The Morgan fingerprint density at radius 2 is 1.69 bits per heavy atom. The van der Waals surface area contributed by atoms with E-state index in [4.69, 9.17) is 5.11 Å². The molecule has 0 atom stereocenters. The van der Waals surface area contributed by atoms with Crippen molar-refractivity contribution in [3.8, 4) is 0 Å². The van der Waals surface area contributed by atoms with Gasteiger partial charge in [0.15, 0.2) is 0 Å². The number of hydrogen-bond donors (Lipinski definition) is 1. The lowest BCUT2D eigenvalue weighted by Crippen LogP contribution is -1.78. The van der Waals surface area contributed by atoms with Crippen molar-refractivity contribution in [2.75, 3.05) is 6.61 Å². The van der Waals surface area contributed by atoms with Crippen molar-refractivity contribution in [3.05, 3.63) is 30.6 Å². The fourth-order valence-electron chi connectivity index (χ4n) is 0.674. The highest BCUT2D eigenvalue weighted by molar-refractivity contribution is 5.75. The molecule has 3 heteroatoms. The van der Waals surface area contributed by atoms with Gasteiger partial charge in [-0.2, -0.15) is 0 Å². The van der Waals surface area contributed by atoms with Crippen LogP contribution in [0.4, 0.5) is 0 Å². The van der Waals surface area contributed by atoms with Crippen molar-refractivity contribution in [1.82, 2.24) is 4.98 Å². The Bertz CT molecular complexity index is 128. The third kappa shape index (κ3) is 14.1. The first-order valence-corrected chi connectivity index (χ1v) is 4.37. The molecule has 3 radical (unpaired) electrons. The highest BCUT2D eigenvalue weighted by Crippen LogP contribution is 1.89. The molecule has 0 saturated carbocycles. The quantitative estimate of drug-likeness (QED) is 0.566. The van der Waals surface area contributed by atoms with Crippen LogP contribution in [0.3, 0.4) is 0 Å². The monoisotopic (exact) mass is 178 g/mol. The van der Waals surface area contributed by atoms with Gasteiger partial charge < -0.3 is 5.11 Å². The summed E-state index contributed by atoms with van der Waals surface area (Å²) in [6.07, 6.45) is 6.83. The van der Waals surface area contributed by atoms with Gasteiger partial charge in [0.2, 0.25) is 0 Å². The van der Waals surface area contributed by atoms with Crippen LogP contribution in [0.15, 0.2) is 30.6 Å². The second-order valence-electron chi connectivity index (χ2n) is 2.46. The highest BCUT2D eigenvalue weighted by atomic mass is 16.2. The zero-order chi connectivity index (χ0) is 9.07. The number of aromatic nitrogens is 1. The van der Waals surface area contributed by atoms with E-state index in [-0.39, 0.29) is 8.41 Å². The minimum Gasteiger partial charge on any atom is -0.396 e. The molecule has 13 heavy (non-hydrogen) atoms. The van der Waals surface area contributed by atoms with E-state index in [1.54, 1.807) is 12.4 Å². The van der Waals surface area contributed by atoms with Crippen LogP contribution in [0.1, 0.15) is 26.2 Å². The molecular formula is C10H17BNO. The van der Waals surface area contributed by atoms with Gasteiger partial charge in [0.1, 0.15) is 0 Å². The molecule has 71 valence electrons. The average Bonchev–Trinajstić information content (AvgIpc) is 2.18. The molecule has 1 aromatic rings. The number of rotatable bonds is 3. The molecule has 0 fully saturated rings. The van der Waals surface area contributed by atoms with E-state index in [1.165, 1.54) is 6.42 Å². The van der Waals surface area contributed by atoms with Crippen molar-refractivity contribution in [2.45, 2.75) is 26.2 Å². The second kappa shape index (κ2) is 13.7. The summed E-state index contributed by atoms with van der Waals surface area (Å²) in [5, 5.41) is 8.20. The predicted octanol–water partition coefficient (Wildman–Crippen LogP) is 1.87. The van der Waals surface area contributed by atoms with Gasteiger partial charge in [-0.3, -0.25) is 4.98 Å². The lowest BCUT2D eigenvalue weighted by Gasteiger charge is -1.85. The maximum atomic E-state index is 8.20. The average molecular weight is 178 g/mol. The van der Waals surface area contributed by atoms with E-state index in [1.807, 2.05) is 18.2 Å². The predicted molar refractivity (Wildman–Crippen MR) is 56.6 cm³/mol. The van der Waals surface area contributed by atoms with Crippen LogP contribution >= 0.6 is 0 Å². The number of aliphatic hydroxyl groups is 1. The van der Waals surface area contributed by atoms with Gasteiger partial charge in [-0.15, -0.1) is 0 Å². The minimum absolute atomic E-state index is 0. The molecule has 1 heterocycles. The normalized spacial score (nSPS) is 7.85. The first-order chi connectivity index (χ1) is 5.91. The highest BCUT2D eigenvalue weighted by Gasteiger charge is 1.76. The molecule has 2 nitrogen and oxygen atoms in total. The van der Waals surface area contributed by atoms with Crippen molar-refractivity contribution >= 4 is 8.41 Å². The summed E-state index contributed by atoms with van der Waals surface area (Å²) in [5.74, 6) is 0. The summed E-state index contributed by atoms with van der Waals surface area (Å²) in [5.41, 5.74) is 0. The second-order valence-corrected chi connectivity index (χ2v) is 2.46. The van der Waals surface area contributed by atoms with Crippen LogP contribution in [0.25, 0.3) is 0 Å². The summed E-state index contributed by atoms with van der Waals surface area (Å²) in [6, 6.07) is 5.72. The minimum atomic E-state index is 0. The van der Waals surface area contributed by atoms with Gasteiger partial charge in [-0.1, -0.05) is 25.8 Å². The molecule has 0 saturated heterocycles. The molecule has 0 aliphatic carbocycles. The molecule has 0 amide bonds. The molecule has 0 spiro atoms. The first kappa shape index (κ1) is 14.7. The number of unbranched alkanes of at least 4 members (excludes halogenated alkanes) is 2. The van der Waals surface area contributed by atoms with E-state index in [9.17, 15) is 0 Å². The largest absolute Gasteiger partial charge is 0.396 e. The van der Waals surface area contributed by atoms with Crippen molar-refractivity contribution in [2.24, 2.45) is 0 Å². The fraction of sp³-hybridized carbons (Fsp3) is 0.500. The Kier molecular flexibility index (Phi) is 15.5. The molecule has 1 rings (SSSR count). The molecule has 0 aliphatic heterocycles. The molecule has 1 N–H and O–H groups in total. The third-order valence-electron chi connectivity index (χ3n) is 1.33. The summed E-state index contributed by atoms with van der Waals surface area (Å²) in [7, 11) is 0. The molecule has 0 unspecified atom stereocenters. The van der Waals surface area contributed by atoms with Crippen molar-refractivity contribution in [3.63, 3.8) is 0 Å². The van der Waals surface area contributed by atoms with E-state index >= 15 is 0 Å². The smallest absolute Gasteiger partial charge is 0.0431 e. The van der Waals surface area contributed by atoms with Gasteiger partial charge in [0, 0.05) is 27.4 Å². The van der Waals surface area contributed by atoms with Crippen LogP contribution in [0.5, 0.6) is 0 Å². The van der Waals surface area contributed by atoms with E-state index in [0.29, 0.717) is 6.61 Å². The SMILES string of the molecule is CCCCCO.[B].c1ccncc1. The standard InChI is InChI=1S/C5H5N.C5H12O.B/c1-2-4-6-5-3-1;1-2-3-4-5-6;/h1-5H;6H,2-5H2,1H3;. The maximum absolute atomic E-state index is 8.20. The Balaban J connectivity index is 0. The summed E-state index contributed by atoms with van der Waals surface area (Å²) < 4.78 is 0. The molecule has 0 bridgehead atoms. The molecule has 1 aromatic heterocycles. The Hall–Kier alpha value is -0.825. The zero-order valence-corrected chi connectivity index (χ0v) is 8.19. The molecule has 0 aliphatic rings. The van der Waals surface area contributed by atoms with Crippen molar-refractivity contribution in [1.29, 1.82) is 0 Å². The van der Waals surface area contributed by atoms with E-state index in [0.717, 1.165) is 12.8 Å². The number of nitrogens with zero attached hydrogens (tertiary/aromatic N) is 1. The lowest BCUT2D eigenvalue weighted by molar-refractivity contribution is 0.284. The number of aliphatic hydroxyl groups excluding tert-OH is 1. The van der Waals surface area contributed by atoms with Gasteiger partial charge >= 0.3 is 0 Å². The third-order valence-corrected chi connectivity index (χ3v) is 1.33. The summed E-state index contributed by atoms with van der Waals surface area (Å²) in [4.78, 5) is 3.78. The van der Waals surface area contributed by atoms with Crippen LogP contribution in [0, 0.1) is 0 Å². The number of pyridine rings is 1. The van der Waals surface area contributed by atoms with Gasteiger partial charge in [-0.25, -0.2) is 0 Å². The fourth-order valence-corrected chi connectivity index (χ4v) is 0.674. The molecular weight excluding hydrogens is 161 g/mol. The summed E-state index contributed by atoms with van der Waals surface area (Å²) in [6.45, 7) is 2.48. The molecule has 0 aromatic carbocycles. The zero-order valence-electron chi connectivity index (χ0n) is 8.19. The van der Waals surface area contributed by atoms with Crippen LogP contribution < -0.4 is 0 Å². The van der Waals surface area contributed by atoms with Crippen LogP contribution in [-0.2, 0) is 0 Å².